The highest BCUT2D eigenvalue weighted by Gasteiger charge is 2.18. The molecule has 4 aromatic rings. The number of anilines is 2. The van der Waals surface area contributed by atoms with Gasteiger partial charge in [0.1, 0.15) is 4.88 Å². The van der Waals surface area contributed by atoms with Gasteiger partial charge in [-0.25, -0.2) is 8.42 Å². The second-order valence-corrected chi connectivity index (χ2v) is 10.3. The van der Waals surface area contributed by atoms with Crippen molar-refractivity contribution in [2.75, 3.05) is 10.0 Å². The van der Waals surface area contributed by atoms with E-state index in [1.807, 2.05) is 32.0 Å². The molecule has 1 amide bonds. The van der Waals surface area contributed by atoms with Gasteiger partial charge in [0.2, 0.25) is 0 Å². The number of rotatable bonds is 5. The Bertz CT molecular complexity index is 1380. The monoisotopic (exact) mass is 470 g/mol. The van der Waals surface area contributed by atoms with E-state index in [0.29, 0.717) is 21.3 Å². The van der Waals surface area contributed by atoms with E-state index < -0.39 is 10.0 Å². The molecule has 31 heavy (non-hydrogen) atoms. The van der Waals surface area contributed by atoms with E-state index in [4.69, 9.17) is 11.6 Å². The quantitative estimate of drug-likeness (QED) is 0.363. The average Bonchev–Trinajstić information content (AvgIpc) is 3.05. The number of hydrogen-bond donors (Lipinski definition) is 2. The standard InChI is InChI=1S/C23H19ClN2O3S2/c1-14-3-10-18(11-4-14)31(28,29)26-17-8-6-16(7-9-17)25-23(27)22-21(24)19-12-5-15(2)13-20(19)30-22/h3-13,26H,1-2H3,(H,25,27). The summed E-state index contributed by atoms with van der Waals surface area (Å²) >= 11 is 7.75. The minimum atomic E-state index is -3.69. The number of carbonyl (C=O) groups is 1. The van der Waals surface area contributed by atoms with Crippen molar-refractivity contribution in [2.45, 2.75) is 18.7 Å². The predicted molar refractivity (Wildman–Crippen MR) is 128 cm³/mol. The van der Waals surface area contributed by atoms with Gasteiger partial charge in [0.15, 0.2) is 0 Å². The molecule has 1 aromatic heterocycles. The van der Waals surface area contributed by atoms with Crippen LogP contribution < -0.4 is 10.0 Å². The van der Waals surface area contributed by atoms with Gasteiger partial charge < -0.3 is 5.32 Å². The Kier molecular flexibility index (Phi) is 5.75. The fourth-order valence-corrected chi connectivity index (χ4v) is 5.63. The number of amides is 1. The van der Waals surface area contributed by atoms with Crippen molar-refractivity contribution in [2.24, 2.45) is 0 Å². The molecular formula is C23H19ClN2O3S2. The molecule has 0 unspecified atom stereocenters. The summed E-state index contributed by atoms with van der Waals surface area (Å²) in [5, 5.41) is 4.09. The molecule has 0 saturated heterocycles. The van der Waals surface area contributed by atoms with Crippen LogP contribution >= 0.6 is 22.9 Å². The van der Waals surface area contributed by atoms with Crippen LogP contribution in [0, 0.1) is 13.8 Å². The van der Waals surface area contributed by atoms with Gasteiger partial charge in [0.25, 0.3) is 15.9 Å². The molecule has 0 spiro atoms. The van der Waals surface area contributed by atoms with E-state index in [9.17, 15) is 13.2 Å². The summed E-state index contributed by atoms with van der Waals surface area (Å²) in [5.74, 6) is -0.308. The predicted octanol–water partition coefficient (Wildman–Crippen LogP) is 6.22. The zero-order valence-electron chi connectivity index (χ0n) is 16.8. The minimum absolute atomic E-state index is 0.185. The molecule has 0 bridgehead atoms. The highest BCUT2D eigenvalue weighted by molar-refractivity contribution is 7.92. The number of sulfonamides is 1. The normalized spacial score (nSPS) is 11.5. The molecule has 8 heteroatoms. The molecule has 0 saturated carbocycles. The Morgan fingerprint density at radius 1 is 0.871 bits per heavy atom. The molecule has 0 aliphatic carbocycles. The molecule has 0 atom stereocenters. The van der Waals surface area contributed by atoms with E-state index in [2.05, 4.69) is 10.0 Å². The number of hydrogen-bond acceptors (Lipinski definition) is 4. The van der Waals surface area contributed by atoms with Crippen LogP contribution in [0.2, 0.25) is 5.02 Å². The van der Waals surface area contributed by atoms with E-state index in [1.54, 1.807) is 48.5 Å². The Morgan fingerprint density at radius 2 is 1.48 bits per heavy atom. The van der Waals surface area contributed by atoms with Crippen molar-refractivity contribution in [3.8, 4) is 0 Å². The number of fused-ring (bicyclic) bond motifs is 1. The van der Waals surface area contributed by atoms with Crippen LogP contribution in [-0.4, -0.2) is 14.3 Å². The lowest BCUT2D eigenvalue weighted by Crippen LogP contribution is -2.13. The Hall–Kier alpha value is -2.87. The maximum absolute atomic E-state index is 12.7. The number of carbonyl (C=O) groups excluding carboxylic acids is 1. The highest BCUT2D eigenvalue weighted by Crippen LogP contribution is 2.36. The fourth-order valence-electron chi connectivity index (χ4n) is 3.06. The Morgan fingerprint density at radius 3 is 2.16 bits per heavy atom. The molecule has 158 valence electrons. The Labute approximate surface area is 189 Å². The lowest BCUT2D eigenvalue weighted by atomic mass is 10.2. The van der Waals surface area contributed by atoms with Gasteiger partial charge >= 0.3 is 0 Å². The van der Waals surface area contributed by atoms with Crippen LogP contribution in [0.3, 0.4) is 0 Å². The van der Waals surface area contributed by atoms with Gasteiger partial charge in [-0.05, 0) is 61.9 Å². The third kappa shape index (κ3) is 4.58. The first-order valence-corrected chi connectivity index (χ1v) is 12.1. The summed E-state index contributed by atoms with van der Waals surface area (Å²) in [5.41, 5.74) is 3.01. The summed E-state index contributed by atoms with van der Waals surface area (Å²) in [6.07, 6.45) is 0. The third-order valence-electron chi connectivity index (χ3n) is 4.72. The zero-order valence-corrected chi connectivity index (χ0v) is 19.2. The van der Waals surface area contributed by atoms with Gasteiger partial charge in [-0.1, -0.05) is 41.4 Å². The van der Waals surface area contributed by atoms with E-state index in [1.165, 1.54) is 11.3 Å². The Balaban J connectivity index is 1.49. The second kappa shape index (κ2) is 8.34. The highest BCUT2D eigenvalue weighted by atomic mass is 35.5. The second-order valence-electron chi connectivity index (χ2n) is 7.19. The minimum Gasteiger partial charge on any atom is -0.321 e. The SMILES string of the molecule is Cc1ccc(S(=O)(=O)Nc2ccc(NC(=O)c3sc4cc(C)ccc4c3Cl)cc2)cc1. The number of aryl methyl sites for hydroxylation is 2. The lowest BCUT2D eigenvalue weighted by Gasteiger charge is -2.10. The average molecular weight is 471 g/mol. The number of nitrogens with one attached hydrogen (secondary N) is 2. The van der Waals surface area contributed by atoms with Crippen molar-refractivity contribution in [1.29, 1.82) is 0 Å². The lowest BCUT2D eigenvalue weighted by molar-refractivity contribution is 0.103. The molecule has 3 aromatic carbocycles. The first-order valence-electron chi connectivity index (χ1n) is 9.42. The summed E-state index contributed by atoms with van der Waals surface area (Å²) in [4.78, 5) is 13.3. The first kappa shape index (κ1) is 21.4. The van der Waals surface area contributed by atoms with Crippen LogP contribution in [0.25, 0.3) is 10.1 Å². The van der Waals surface area contributed by atoms with Crippen LogP contribution in [0.1, 0.15) is 20.8 Å². The molecule has 1 heterocycles. The van der Waals surface area contributed by atoms with Gasteiger partial charge in [-0.15, -0.1) is 11.3 Å². The van der Waals surface area contributed by atoms with Crippen molar-refractivity contribution in [3.63, 3.8) is 0 Å². The molecule has 5 nitrogen and oxygen atoms in total. The molecule has 0 aliphatic heterocycles. The van der Waals surface area contributed by atoms with E-state index >= 15 is 0 Å². The van der Waals surface area contributed by atoms with Gasteiger partial charge in [0, 0.05) is 21.5 Å². The summed E-state index contributed by atoms with van der Waals surface area (Å²) in [6, 6.07) is 18.9. The van der Waals surface area contributed by atoms with E-state index in [-0.39, 0.29) is 10.8 Å². The number of benzene rings is 3. The number of halogens is 1. The molecule has 4 rings (SSSR count). The molecule has 0 radical (unpaired) electrons. The summed E-state index contributed by atoms with van der Waals surface area (Å²) < 4.78 is 28.5. The van der Waals surface area contributed by atoms with Crippen molar-refractivity contribution in [1.82, 2.24) is 0 Å². The smallest absolute Gasteiger partial charge is 0.267 e. The first-order chi connectivity index (χ1) is 14.7. The van der Waals surface area contributed by atoms with Crippen molar-refractivity contribution < 1.29 is 13.2 Å². The van der Waals surface area contributed by atoms with Crippen LogP contribution in [0.4, 0.5) is 11.4 Å². The topological polar surface area (TPSA) is 75.3 Å². The van der Waals surface area contributed by atoms with E-state index in [0.717, 1.165) is 21.2 Å². The maximum atomic E-state index is 12.7. The van der Waals surface area contributed by atoms with Crippen LogP contribution in [0.15, 0.2) is 71.6 Å². The largest absolute Gasteiger partial charge is 0.321 e. The van der Waals surface area contributed by atoms with Gasteiger partial charge in [-0.3, -0.25) is 9.52 Å². The molecular weight excluding hydrogens is 452 g/mol. The molecule has 2 N–H and O–H groups in total. The van der Waals surface area contributed by atoms with Crippen molar-refractivity contribution >= 4 is 60.3 Å². The van der Waals surface area contributed by atoms with Crippen LogP contribution in [0.5, 0.6) is 0 Å². The van der Waals surface area contributed by atoms with Gasteiger partial charge in [-0.2, -0.15) is 0 Å². The third-order valence-corrected chi connectivity index (χ3v) is 7.77. The summed E-state index contributed by atoms with van der Waals surface area (Å²) in [6.45, 7) is 3.88. The maximum Gasteiger partial charge on any atom is 0.267 e. The van der Waals surface area contributed by atoms with Gasteiger partial charge in [0.05, 0.1) is 9.92 Å². The fraction of sp³-hybridized carbons (Fsp3) is 0.0870. The molecule has 0 fully saturated rings. The van der Waals surface area contributed by atoms with Crippen LogP contribution in [-0.2, 0) is 10.0 Å². The number of thiophene rings is 1. The van der Waals surface area contributed by atoms with Crippen molar-refractivity contribution in [3.05, 3.63) is 87.8 Å². The zero-order chi connectivity index (χ0) is 22.2. The molecule has 0 aliphatic rings. The summed E-state index contributed by atoms with van der Waals surface area (Å²) in [7, 11) is -3.69.